The largest absolute Gasteiger partial charge is 0.392 e. The molecule has 0 aliphatic carbocycles. The highest BCUT2D eigenvalue weighted by Gasteiger charge is 2.38. The number of anilines is 1. The first-order chi connectivity index (χ1) is 19.8. The number of thioether (sulfide) groups is 1. The molecular weight excluding hydrogens is 542 g/mol. The Morgan fingerprint density at radius 2 is 1.88 bits per heavy atom. The number of carbonyl (C=O) groups excluding carboxylic acids is 2. The predicted molar refractivity (Wildman–Crippen MR) is 157 cm³/mol. The number of benzene rings is 2. The summed E-state index contributed by atoms with van der Waals surface area (Å²) in [6.45, 7) is 4.24. The van der Waals surface area contributed by atoms with E-state index in [2.05, 4.69) is 27.8 Å². The van der Waals surface area contributed by atoms with Gasteiger partial charge in [0.15, 0.2) is 11.4 Å². The molecule has 0 spiro atoms. The fraction of sp³-hybridized carbons (Fsp3) is 0.467. The Balaban J connectivity index is 1.43. The summed E-state index contributed by atoms with van der Waals surface area (Å²) < 4.78 is 14.9. The summed E-state index contributed by atoms with van der Waals surface area (Å²) in [5.74, 6) is 0.613. The van der Waals surface area contributed by atoms with Gasteiger partial charge in [-0.05, 0) is 36.1 Å². The van der Waals surface area contributed by atoms with E-state index in [-0.39, 0.29) is 36.5 Å². The van der Waals surface area contributed by atoms with Gasteiger partial charge in [-0.2, -0.15) is 0 Å². The van der Waals surface area contributed by atoms with Crippen LogP contribution in [-0.4, -0.2) is 50.1 Å². The zero-order chi connectivity index (χ0) is 29.2. The number of nitrogens with zero attached hydrogens (tertiary/aromatic N) is 3. The molecule has 4 rings (SSSR count). The van der Waals surface area contributed by atoms with Crippen LogP contribution < -0.4 is 10.6 Å². The third kappa shape index (κ3) is 8.87. The topological polar surface area (TPSA) is 128 Å². The van der Waals surface area contributed by atoms with Crippen LogP contribution in [0.3, 0.4) is 0 Å². The van der Waals surface area contributed by atoms with Crippen LogP contribution in [0.1, 0.15) is 68.6 Å². The number of rotatable bonds is 13. The molecule has 41 heavy (non-hydrogen) atoms. The van der Waals surface area contributed by atoms with Gasteiger partial charge in [0, 0.05) is 49.9 Å². The van der Waals surface area contributed by atoms with E-state index in [1.165, 1.54) is 6.92 Å². The van der Waals surface area contributed by atoms with Crippen LogP contribution in [0.5, 0.6) is 0 Å². The number of aliphatic hydroxyl groups is 1. The molecule has 0 radical (unpaired) electrons. The predicted octanol–water partition coefficient (Wildman–Crippen LogP) is 4.53. The molecule has 2 heterocycles. The van der Waals surface area contributed by atoms with Crippen molar-refractivity contribution in [2.24, 2.45) is 13.0 Å². The molecule has 4 atom stereocenters. The molecule has 1 aliphatic rings. The third-order valence-corrected chi connectivity index (χ3v) is 8.19. The highest BCUT2D eigenvalue weighted by atomic mass is 32.2. The summed E-state index contributed by atoms with van der Waals surface area (Å²) in [6.07, 6.45) is 3.53. The number of amides is 2. The first-order valence-corrected chi connectivity index (χ1v) is 14.9. The number of aromatic nitrogens is 3. The zero-order valence-electron chi connectivity index (χ0n) is 23.8. The Bertz CT molecular complexity index is 1280. The molecule has 1 aromatic heterocycles. The second-order valence-electron chi connectivity index (χ2n) is 10.3. The molecule has 3 aromatic rings. The number of hydrogen-bond donors (Lipinski definition) is 3. The normalized spacial score (nSPS) is 20.5. The third-order valence-electron chi connectivity index (χ3n) is 7.07. The highest BCUT2D eigenvalue weighted by Crippen LogP contribution is 2.43. The molecule has 1 fully saturated rings. The van der Waals surface area contributed by atoms with Crippen molar-refractivity contribution in [1.82, 2.24) is 20.1 Å². The molecule has 0 saturated carbocycles. The van der Waals surface area contributed by atoms with Crippen molar-refractivity contribution in [3.05, 3.63) is 71.5 Å². The van der Waals surface area contributed by atoms with Crippen molar-refractivity contribution >= 4 is 29.3 Å². The fourth-order valence-corrected chi connectivity index (χ4v) is 5.76. The van der Waals surface area contributed by atoms with E-state index >= 15 is 0 Å². The van der Waals surface area contributed by atoms with E-state index in [0.29, 0.717) is 24.4 Å². The van der Waals surface area contributed by atoms with Gasteiger partial charge >= 0.3 is 0 Å². The SMILES string of the molecule is CC(=O)NCCCCCC(=O)Nc1cccc([C@@H]2O[C@H](CSc3nncn3C)[C@H](C)[C@H](c3ccc(CO)cc3)O2)c1. The van der Waals surface area contributed by atoms with Crippen molar-refractivity contribution in [3.8, 4) is 0 Å². The van der Waals surface area contributed by atoms with Crippen LogP contribution in [0.25, 0.3) is 0 Å². The monoisotopic (exact) mass is 581 g/mol. The lowest BCUT2D eigenvalue weighted by atomic mass is 9.91. The summed E-state index contributed by atoms with van der Waals surface area (Å²) >= 11 is 1.59. The van der Waals surface area contributed by atoms with Gasteiger partial charge in [-0.25, -0.2) is 0 Å². The Hall–Kier alpha value is -3.25. The molecule has 3 N–H and O–H groups in total. The Kier molecular flexibility index (Phi) is 11.3. The second kappa shape index (κ2) is 15.1. The fourth-order valence-electron chi connectivity index (χ4n) is 4.71. The number of aliphatic hydroxyl groups excluding tert-OH is 1. The molecule has 0 bridgehead atoms. The first-order valence-electron chi connectivity index (χ1n) is 14.0. The Labute approximate surface area is 245 Å². The van der Waals surface area contributed by atoms with Gasteiger partial charge in [-0.15, -0.1) is 10.2 Å². The van der Waals surface area contributed by atoms with Crippen molar-refractivity contribution in [3.63, 3.8) is 0 Å². The van der Waals surface area contributed by atoms with E-state index < -0.39 is 6.29 Å². The van der Waals surface area contributed by atoms with Gasteiger partial charge in [0.2, 0.25) is 11.8 Å². The van der Waals surface area contributed by atoms with Gasteiger partial charge in [0.05, 0.1) is 18.8 Å². The molecule has 220 valence electrons. The first kappa shape index (κ1) is 30.7. The average Bonchev–Trinajstić information content (AvgIpc) is 3.38. The maximum Gasteiger partial charge on any atom is 0.224 e. The number of nitrogens with one attached hydrogen (secondary N) is 2. The number of carbonyl (C=O) groups is 2. The maximum absolute atomic E-state index is 12.6. The Morgan fingerprint density at radius 3 is 2.59 bits per heavy atom. The van der Waals surface area contributed by atoms with Crippen molar-refractivity contribution in [2.75, 3.05) is 17.6 Å². The lowest BCUT2D eigenvalue weighted by molar-refractivity contribution is -0.268. The van der Waals surface area contributed by atoms with Gasteiger partial charge in [0.1, 0.15) is 6.33 Å². The second-order valence-corrected chi connectivity index (χ2v) is 11.3. The molecule has 0 unspecified atom stereocenters. The summed E-state index contributed by atoms with van der Waals surface area (Å²) in [5, 5.41) is 24.2. The lowest BCUT2D eigenvalue weighted by Crippen LogP contribution is -2.38. The van der Waals surface area contributed by atoms with Gasteiger partial charge in [0.25, 0.3) is 0 Å². The van der Waals surface area contributed by atoms with E-state index in [9.17, 15) is 14.7 Å². The maximum atomic E-state index is 12.6. The van der Waals surface area contributed by atoms with Crippen LogP contribution in [0, 0.1) is 5.92 Å². The number of unbranched alkanes of at least 4 members (excludes halogenated alkanes) is 2. The summed E-state index contributed by atoms with van der Waals surface area (Å²) in [5.41, 5.74) is 3.36. The summed E-state index contributed by atoms with van der Waals surface area (Å²) in [7, 11) is 1.91. The average molecular weight is 582 g/mol. The van der Waals surface area contributed by atoms with E-state index in [0.717, 1.165) is 41.1 Å². The molecule has 2 aromatic carbocycles. The summed E-state index contributed by atoms with van der Waals surface area (Å²) in [4.78, 5) is 23.5. The highest BCUT2D eigenvalue weighted by molar-refractivity contribution is 7.99. The van der Waals surface area contributed by atoms with Crippen molar-refractivity contribution < 1.29 is 24.2 Å². The van der Waals surface area contributed by atoms with Crippen molar-refractivity contribution in [1.29, 1.82) is 0 Å². The molecule has 10 nitrogen and oxygen atoms in total. The van der Waals surface area contributed by atoms with E-state index in [1.807, 2.05) is 60.1 Å². The molecular formula is C30H39N5O5S. The zero-order valence-corrected chi connectivity index (χ0v) is 24.6. The van der Waals surface area contributed by atoms with Crippen LogP contribution >= 0.6 is 11.8 Å². The van der Waals surface area contributed by atoms with Gasteiger partial charge in [-0.1, -0.05) is 61.5 Å². The molecule has 2 amide bonds. The summed E-state index contributed by atoms with van der Waals surface area (Å²) in [6, 6.07) is 15.4. The quantitative estimate of drug-likeness (QED) is 0.199. The molecule has 11 heteroatoms. The standard InChI is InChI=1S/C30H39N5O5S/c1-20-26(18-41-30-34-32-19-35(30)3)39-29(40-28(20)23-13-11-22(17-36)12-14-23)24-8-7-9-25(16-24)33-27(38)10-5-4-6-15-31-21(2)37/h7-9,11-14,16,19-20,26,28-29,36H,4-6,10,15,17-18H2,1-3H3,(H,31,37)(H,33,38)/t20-,26+,28+,29+/m0/s1. The van der Waals surface area contributed by atoms with Gasteiger partial charge in [-0.3, -0.25) is 9.59 Å². The lowest BCUT2D eigenvalue weighted by Gasteiger charge is -2.41. The van der Waals surface area contributed by atoms with E-state index in [1.54, 1.807) is 18.1 Å². The number of hydrogen-bond acceptors (Lipinski definition) is 8. The minimum absolute atomic E-state index is 0.0142. The van der Waals surface area contributed by atoms with Crippen LogP contribution in [-0.2, 0) is 32.7 Å². The van der Waals surface area contributed by atoms with Crippen LogP contribution in [0.15, 0.2) is 60.0 Å². The minimum atomic E-state index is -0.635. The molecule has 1 aliphatic heterocycles. The number of aryl methyl sites for hydroxylation is 1. The van der Waals surface area contributed by atoms with Crippen molar-refractivity contribution in [2.45, 2.75) is 69.8 Å². The van der Waals surface area contributed by atoms with E-state index in [4.69, 9.17) is 9.47 Å². The van der Waals surface area contributed by atoms with Crippen LogP contribution in [0.2, 0.25) is 0 Å². The molecule has 1 saturated heterocycles. The minimum Gasteiger partial charge on any atom is -0.392 e. The Morgan fingerprint density at radius 1 is 1.07 bits per heavy atom. The number of ether oxygens (including phenoxy) is 2. The van der Waals surface area contributed by atoms with Gasteiger partial charge < -0.3 is 29.8 Å². The smallest absolute Gasteiger partial charge is 0.224 e. The van der Waals surface area contributed by atoms with Crippen LogP contribution in [0.4, 0.5) is 5.69 Å².